The first-order chi connectivity index (χ1) is 17.4. The minimum absolute atomic E-state index is 0.223. The fraction of sp³-hybridized carbons (Fsp3) is 0.0714. The molecule has 0 saturated carbocycles. The molecule has 6 heterocycles. The number of carbonyl (C=O) groups excluding carboxylic acids is 2. The summed E-state index contributed by atoms with van der Waals surface area (Å²) >= 11 is 6.57. The van der Waals surface area contributed by atoms with Crippen molar-refractivity contribution in [2.24, 2.45) is 0 Å². The molecule has 0 aromatic carbocycles. The summed E-state index contributed by atoms with van der Waals surface area (Å²) in [5, 5.41) is 0. The zero-order chi connectivity index (χ0) is 24.8. The molecule has 2 aliphatic rings. The second-order valence-corrected chi connectivity index (χ2v) is 13.0. The Morgan fingerprint density at radius 1 is 0.556 bits per heavy atom. The highest BCUT2D eigenvalue weighted by Crippen LogP contribution is 2.40. The molecule has 0 unspecified atom stereocenters. The van der Waals surface area contributed by atoms with Crippen molar-refractivity contribution >= 4 is 81.0 Å². The monoisotopic (exact) mass is 546 g/mol. The second kappa shape index (κ2) is 9.29. The summed E-state index contributed by atoms with van der Waals surface area (Å²) in [5.41, 5.74) is 0.448. The van der Waals surface area contributed by atoms with Crippen molar-refractivity contribution in [3.63, 3.8) is 0 Å². The van der Waals surface area contributed by atoms with E-state index in [0.717, 1.165) is 24.4 Å². The topological polar surface area (TPSA) is 52.6 Å². The van der Waals surface area contributed by atoms with Crippen molar-refractivity contribution in [2.75, 3.05) is 0 Å². The Morgan fingerprint density at radius 3 is 1.64 bits per heavy atom. The van der Waals surface area contributed by atoms with Crippen LogP contribution in [0.3, 0.4) is 0 Å². The van der Waals surface area contributed by atoms with E-state index in [4.69, 9.17) is 9.47 Å². The summed E-state index contributed by atoms with van der Waals surface area (Å²) in [4.78, 5) is 33.9. The van der Waals surface area contributed by atoms with E-state index in [0.29, 0.717) is 11.5 Å². The maximum atomic E-state index is 12.6. The van der Waals surface area contributed by atoms with Gasteiger partial charge in [0.05, 0.1) is 20.9 Å². The minimum Gasteiger partial charge on any atom is -0.421 e. The van der Waals surface area contributed by atoms with Crippen LogP contribution in [0.2, 0.25) is 0 Å². The number of carbonyl (C=O) groups is 2. The standard InChI is InChI=1S/C28H18O4S4/c1-15-3-5-17(33-15)6-7-18-8-10-25(35-18)26-12-11-24(36-26)22-14-20(28(30)32-22)19-13-21(31-27(19)29)23-9-4-16(2)34-23/h3-14H,1-2H3/b7-6+,20-19+. The van der Waals surface area contributed by atoms with Gasteiger partial charge >= 0.3 is 11.9 Å². The largest absolute Gasteiger partial charge is 0.421 e. The number of cyclic esters (lactones) is 2. The highest BCUT2D eigenvalue weighted by molar-refractivity contribution is 7.23. The van der Waals surface area contributed by atoms with Crippen LogP contribution >= 0.6 is 45.3 Å². The van der Waals surface area contributed by atoms with Crippen LogP contribution < -0.4 is 0 Å². The van der Waals surface area contributed by atoms with Crippen molar-refractivity contribution in [1.82, 2.24) is 0 Å². The first kappa shape index (κ1) is 23.1. The Morgan fingerprint density at radius 2 is 1.03 bits per heavy atom. The molecule has 0 atom stereocenters. The zero-order valence-corrected chi connectivity index (χ0v) is 22.5. The molecule has 0 aliphatic carbocycles. The first-order valence-electron chi connectivity index (χ1n) is 11.1. The third-order valence-corrected chi connectivity index (χ3v) is 9.89. The van der Waals surface area contributed by atoms with Crippen LogP contribution in [0, 0.1) is 13.8 Å². The number of hydrogen-bond donors (Lipinski definition) is 0. The summed E-state index contributed by atoms with van der Waals surface area (Å²) in [5.74, 6) is -0.168. The lowest BCUT2D eigenvalue weighted by Gasteiger charge is -1.97. The maximum Gasteiger partial charge on any atom is 0.344 e. The van der Waals surface area contributed by atoms with Gasteiger partial charge in [0.25, 0.3) is 0 Å². The summed E-state index contributed by atoms with van der Waals surface area (Å²) in [7, 11) is 0. The molecule has 0 N–H and O–H groups in total. The lowest BCUT2D eigenvalue weighted by atomic mass is 10.1. The van der Waals surface area contributed by atoms with Gasteiger partial charge in [-0.25, -0.2) is 9.59 Å². The molecule has 4 nitrogen and oxygen atoms in total. The average molecular weight is 547 g/mol. The van der Waals surface area contributed by atoms with Crippen LogP contribution in [0.15, 0.2) is 71.8 Å². The van der Waals surface area contributed by atoms with Gasteiger partial charge in [-0.2, -0.15) is 0 Å². The molecule has 0 radical (unpaired) electrons. The average Bonchev–Trinajstić information content (AvgIpc) is 3.66. The van der Waals surface area contributed by atoms with Crippen molar-refractivity contribution in [1.29, 1.82) is 0 Å². The molecule has 4 aromatic rings. The highest BCUT2D eigenvalue weighted by atomic mass is 32.1. The molecule has 0 fully saturated rings. The Labute approximate surface area is 223 Å². The Kier molecular flexibility index (Phi) is 5.97. The second-order valence-electron chi connectivity index (χ2n) is 8.18. The van der Waals surface area contributed by atoms with Crippen molar-refractivity contribution in [2.45, 2.75) is 13.8 Å². The van der Waals surface area contributed by atoms with Gasteiger partial charge in [-0.05, 0) is 86.7 Å². The molecular formula is C28H18O4S4. The van der Waals surface area contributed by atoms with E-state index in [1.54, 1.807) is 46.2 Å². The maximum absolute atomic E-state index is 12.6. The lowest BCUT2D eigenvalue weighted by Crippen LogP contribution is -2.05. The van der Waals surface area contributed by atoms with E-state index < -0.39 is 11.9 Å². The molecule has 0 spiro atoms. The summed E-state index contributed by atoms with van der Waals surface area (Å²) in [6.07, 6.45) is 7.53. The molecule has 0 saturated heterocycles. The molecule has 4 aromatic heterocycles. The zero-order valence-electron chi connectivity index (χ0n) is 19.2. The van der Waals surface area contributed by atoms with E-state index in [1.807, 2.05) is 31.2 Å². The summed E-state index contributed by atoms with van der Waals surface area (Å²) in [6, 6.07) is 16.3. The predicted octanol–water partition coefficient (Wildman–Crippen LogP) is 8.18. The minimum atomic E-state index is -0.542. The van der Waals surface area contributed by atoms with Crippen LogP contribution in [0.1, 0.15) is 29.3 Å². The predicted molar refractivity (Wildman–Crippen MR) is 150 cm³/mol. The Bertz CT molecular complexity index is 1650. The smallest absolute Gasteiger partial charge is 0.344 e. The summed E-state index contributed by atoms with van der Waals surface area (Å²) < 4.78 is 11.0. The van der Waals surface area contributed by atoms with Crippen molar-refractivity contribution < 1.29 is 19.1 Å². The van der Waals surface area contributed by atoms with Crippen LogP contribution in [-0.2, 0) is 19.1 Å². The van der Waals surface area contributed by atoms with Gasteiger partial charge in [-0.15, -0.1) is 45.3 Å². The molecular weight excluding hydrogens is 529 g/mol. The van der Waals surface area contributed by atoms with Crippen LogP contribution in [-0.4, -0.2) is 11.9 Å². The Balaban J connectivity index is 1.24. The van der Waals surface area contributed by atoms with Gasteiger partial charge in [-0.3, -0.25) is 0 Å². The number of aryl methyl sites for hydroxylation is 2. The van der Waals surface area contributed by atoms with Crippen LogP contribution in [0.4, 0.5) is 0 Å². The van der Waals surface area contributed by atoms with Gasteiger partial charge in [0.1, 0.15) is 11.5 Å². The van der Waals surface area contributed by atoms with E-state index in [1.165, 1.54) is 26.0 Å². The fourth-order valence-electron chi connectivity index (χ4n) is 3.82. The number of esters is 2. The van der Waals surface area contributed by atoms with Gasteiger partial charge in [-0.1, -0.05) is 0 Å². The molecule has 8 heteroatoms. The molecule has 0 amide bonds. The molecule has 6 rings (SSSR count). The van der Waals surface area contributed by atoms with Gasteiger partial charge < -0.3 is 9.47 Å². The van der Waals surface area contributed by atoms with Crippen molar-refractivity contribution in [3.05, 3.63) is 101 Å². The molecule has 178 valence electrons. The third-order valence-electron chi connectivity index (χ3n) is 5.56. The van der Waals surface area contributed by atoms with E-state index in [-0.39, 0.29) is 11.1 Å². The Hall–Kier alpha value is -3.30. The fourth-order valence-corrected chi connectivity index (χ4v) is 7.38. The first-order valence-corrected chi connectivity index (χ1v) is 14.3. The number of ether oxygens (including phenoxy) is 2. The van der Waals surface area contributed by atoms with E-state index >= 15 is 0 Å². The molecule has 2 aliphatic heterocycles. The molecule has 0 bridgehead atoms. The molecule has 36 heavy (non-hydrogen) atoms. The van der Waals surface area contributed by atoms with Gasteiger partial charge in [0.2, 0.25) is 0 Å². The number of hydrogen-bond acceptors (Lipinski definition) is 8. The number of thiophene rings is 4. The third kappa shape index (κ3) is 4.49. The highest BCUT2D eigenvalue weighted by Gasteiger charge is 2.33. The van der Waals surface area contributed by atoms with E-state index in [9.17, 15) is 9.59 Å². The SMILES string of the molecule is Cc1ccc(/C=C/c2ccc(-c3ccc(C4=C/C(=C5/C=C(c6ccc(C)s6)OC5=O)C(=O)O4)s3)s2)s1. The number of rotatable bonds is 5. The normalized spacial score (nSPS) is 17.6. The van der Waals surface area contributed by atoms with Crippen molar-refractivity contribution in [3.8, 4) is 9.75 Å². The summed E-state index contributed by atoms with van der Waals surface area (Å²) in [6.45, 7) is 4.10. The van der Waals surface area contributed by atoms with Crippen LogP contribution in [0.25, 0.3) is 33.4 Å². The van der Waals surface area contributed by atoms with E-state index in [2.05, 4.69) is 43.3 Å². The quantitative estimate of drug-likeness (QED) is 0.187. The van der Waals surface area contributed by atoms with Crippen LogP contribution in [0.5, 0.6) is 0 Å². The van der Waals surface area contributed by atoms with Gasteiger partial charge in [0, 0.05) is 29.3 Å². The lowest BCUT2D eigenvalue weighted by molar-refractivity contribution is -0.133. The van der Waals surface area contributed by atoms with Gasteiger partial charge in [0.15, 0.2) is 0 Å².